The number of hydrogen-bond donors (Lipinski definition) is 2. The molecule has 8 heteroatoms. The molecular formula is C24H36N2O6. The van der Waals surface area contributed by atoms with E-state index in [0.717, 1.165) is 5.56 Å². The monoisotopic (exact) mass is 448 g/mol. The van der Waals surface area contributed by atoms with Crippen LogP contribution < -0.4 is 11.1 Å². The average Bonchev–Trinajstić information content (AvgIpc) is 2.68. The van der Waals surface area contributed by atoms with Gasteiger partial charge < -0.3 is 25.3 Å². The zero-order valence-corrected chi connectivity index (χ0v) is 19.7. The number of carbonyl (C=O) groups excluding carboxylic acids is 3. The van der Waals surface area contributed by atoms with Crippen LogP contribution >= 0.6 is 0 Å². The number of benzene rings is 1. The van der Waals surface area contributed by atoms with E-state index >= 15 is 0 Å². The zero-order valence-electron chi connectivity index (χ0n) is 19.7. The number of Topliss-reactive ketones (excluding diaryl/α,β-unsaturated/α-hetero) is 1. The predicted molar refractivity (Wildman–Crippen MR) is 122 cm³/mol. The Morgan fingerprint density at radius 2 is 1.72 bits per heavy atom. The lowest BCUT2D eigenvalue weighted by atomic mass is 9.84. The molecule has 0 aliphatic heterocycles. The summed E-state index contributed by atoms with van der Waals surface area (Å²) in [6.45, 7) is 12.2. The van der Waals surface area contributed by atoms with Crippen LogP contribution in [0.1, 0.15) is 53.0 Å². The summed E-state index contributed by atoms with van der Waals surface area (Å²) in [5.74, 6) is -1.17. The van der Waals surface area contributed by atoms with E-state index in [1.165, 1.54) is 19.9 Å². The quantitative estimate of drug-likeness (QED) is 0.286. The summed E-state index contributed by atoms with van der Waals surface area (Å²) < 4.78 is 16.0. The van der Waals surface area contributed by atoms with Crippen molar-refractivity contribution < 1.29 is 28.6 Å². The van der Waals surface area contributed by atoms with Crippen molar-refractivity contribution >= 4 is 17.8 Å². The van der Waals surface area contributed by atoms with E-state index in [9.17, 15) is 14.4 Å². The Labute approximate surface area is 190 Å². The van der Waals surface area contributed by atoms with E-state index in [4.69, 9.17) is 19.9 Å². The Kier molecular flexibility index (Phi) is 10.1. The maximum Gasteiger partial charge on any atom is 0.408 e. The summed E-state index contributed by atoms with van der Waals surface area (Å²) in [7, 11) is 0. The molecule has 0 fully saturated rings. The van der Waals surface area contributed by atoms with Crippen molar-refractivity contribution in [1.82, 2.24) is 5.32 Å². The number of alkyl carbamates (subject to hydrolysis) is 1. The van der Waals surface area contributed by atoms with Crippen LogP contribution in [0.5, 0.6) is 0 Å². The molecule has 1 aromatic carbocycles. The number of carbonyl (C=O) groups is 3. The van der Waals surface area contributed by atoms with Crippen LogP contribution in [-0.2, 0) is 30.4 Å². The number of amides is 1. The fourth-order valence-corrected chi connectivity index (χ4v) is 2.70. The maximum atomic E-state index is 13.0. The first-order valence-electron chi connectivity index (χ1n) is 10.5. The van der Waals surface area contributed by atoms with Crippen LogP contribution in [0, 0.1) is 0 Å². The molecule has 0 heterocycles. The van der Waals surface area contributed by atoms with Gasteiger partial charge in [0.25, 0.3) is 0 Å². The third-order valence-corrected chi connectivity index (χ3v) is 4.53. The Morgan fingerprint density at radius 3 is 2.28 bits per heavy atom. The molecule has 0 spiro atoms. The van der Waals surface area contributed by atoms with Gasteiger partial charge in [-0.25, -0.2) is 4.79 Å². The van der Waals surface area contributed by atoms with Gasteiger partial charge in [-0.2, -0.15) is 0 Å². The molecule has 1 rings (SSSR count). The van der Waals surface area contributed by atoms with Gasteiger partial charge in [-0.05, 0) is 46.6 Å². The Hall–Kier alpha value is -2.71. The van der Waals surface area contributed by atoms with Gasteiger partial charge in [0.05, 0.1) is 12.1 Å². The van der Waals surface area contributed by atoms with Crippen LogP contribution in [0.3, 0.4) is 0 Å². The van der Waals surface area contributed by atoms with Crippen LogP contribution in [0.4, 0.5) is 4.79 Å². The molecule has 8 nitrogen and oxygen atoms in total. The van der Waals surface area contributed by atoms with Crippen molar-refractivity contribution in [3.8, 4) is 0 Å². The molecule has 0 bridgehead atoms. The van der Waals surface area contributed by atoms with Crippen molar-refractivity contribution in [2.24, 2.45) is 5.73 Å². The van der Waals surface area contributed by atoms with E-state index in [0.29, 0.717) is 6.61 Å². The van der Waals surface area contributed by atoms with Crippen LogP contribution in [0.15, 0.2) is 43.0 Å². The lowest BCUT2D eigenvalue weighted by Crippen LogP contribution is -2.57. The summed E-state index contributed by atoms with van der Waals surface area (Å²) in [4.78, 5) is 37.8. The average molecular weight is 449 g/mol. The first kappa shape index (κ1) is 27.3. The lowest BCUT2D eigenvalue weighted by molar-refractivity contribution is -0.152. The van der Waals surface area contributed by atoms with Crippen molar-refractivity contribution in [3.63, 3.8) is 0 Å². The highest BCUT2D eigenvalue weighted by molar-refractivity contribution is 5.96. The highest BCUT2D eigenvalue weighted by Gasteiger charge is 2.42. The molecule has 0 saturated heterocycles. The van der Waals surface area contributed by atoms with Gasteiger partial charge in [-0.15, -0.1) is 0 Å². The number of hydrogen-bond acceptors (Lipinski definition) is 7. The molecule has 1 aromatic rings. The molecule has 1 atom stereocenters. The van der Waals surface area contributed by atoms with Crippen LogP contribution in [-0.4, -0.2) is 47.7 Å². The topological polar surface area (TPSA) is 117 Å². The minimum Gasteiger partial charge on any atom is -0.460 e. The molecule has 0 aliphatic rings. The molecule has 0 saturated carbocycles. The number of nitrogens with one attached hydrogen (secondary N) is 1. The van der Waals surface area contributed by atoms with Crippen molar-refractivity contribution in [3.05, 3.63) is 48.6 Å². The molecule has 0 aliphatic carbocycles. The number of nitrogens with two attached hydrogens (primary N) is 1. The summed E-state index contributed by atoms with van der Waals surface area (Å²) in [6.07, 6.45) is 0.392. The van der Waals surface area contributed by atoms with Gasteiger partial charge in [0.15, 0.2) is 5.78 Å². The van der Waals surface area contributed by atoms with E-state index in [1.54, 1.807) is 20.8 Å². The van der Waals surface area contributed by atoms with Crippen molar-refractivity contribution in [2.75, 3.05) is 13.2 Å². The zero-order chi connectivity index (χ0) is 24.4. The second-order valence-electron chi connectivity index (χ2n) is 9.18. The van der Waals surface area contributed by atoms with Gasteiger partial charge >= 0.3 is 12.1 Å². The standard InChI is InChI=1S/C24H36N2O6/c1-7-14-31-20(28)24(25,13-15-30-17-18-11-9-8-10-12-18)16-19(27)23(5,6)26-21(29)32-22(2,3)4/h7-12H,1,13-17,25H2,2-6H3,(H,26,29)/t24-/m0/s1. The third kappa shape index (κ3) is 9.62. The Morgan fingerprint density at radius 1 is 1.09 bits per heavy atom. The van der Waals surface area contributed by atoms with Gasteiger partial charge in [0, 0.05) is 13.0 Å². The second-order valence-corrected chi connectivity index (χ2v) is 9.18. The first-order valence-corrected chi connectivity index (χ1v) is 10.5. The molecular weight excluding hydrogens is 412 g/mol. The maximum absolute atomic E-state index is 13.0. The molecule has 1 amide bonds. The van der Waals surface area contributed by atoms with E-state index in [2.05, 4.69) is 11.9 Å². The summed E-state index contributed by atoms with van der Waals surface area (Å²) in [6, 6.07) is 9.54. The van der Waals surface area contributed by atoms with Crippen molar-refractivity contribution in [1.29, 1.82) is 0 Å². The van der Waals surface area contributed by atoms with Gasteiger partial charge in [-0.1, -0.05) is 43.0 Å². The summed E-state index contributed by atoms with van der Waals surface area (Å²) in [5, 5.41) is 2.54. The van der Waals surface area contributed by atoms with Gasteiger partial charge in [-0.3, -0.25) is 9.59 Å². The smallest absolute Gasteiger partial charge is 0.408 e. The fourth-order valence-electron chi connectivity index (χ4n) is 2.70. The number of esters is 1. The molecule has 32 heavy (non-hydrogen) atoms. The number of ketones is 1. The molecule has 0 unspecified atom stereocenters. The van der Waals surface area contributed by atoms with Crippen LogP contribution in [0.25, 0.3) is 0 Å². The minimum atomic E-state index is -1.62. The van der Waals surface area contributed by atoms with Crippen molar-refractivity contribution in [2.45, 2.75) is 70.7 Å². The van der Waals surface area contributed by atoms with E-state index in [-0.39, 0.29) is 26.1 Å². The number of ether oxygens (including phenoxy) is 3. The van der Waals surface area contributed by atoms with Gasteiger partial charge in [0.2, 0.25) is 0 Å². The van der Waals surface area contributed by atoms with E-state index < -0.39 is 34.5 Å². The van der Waals surface area contributed by atoms with Crippen LogP contribution in [0.2, 0.25) is 0 Å². The first-order chi connectivity index (χ1) is 14.8. The summed E-state index contributed by atoms with van der Waals surface area (Å²) in [5.41, 5.74) is 3.67. The fraction of sp³-hybridized carbons (Fsp3) is 0.542. The number of rotatable bonds is 12. The molecule has 0 radical (unpaired) electrons. The summed E-state index contributed by atoms with van der Waals surface area (Å²) >= 11 is 0. The predicted octanol–water partition coefficient (Wildman–Crippen LogP) is 3.28. The Balaban J connectivity index is 2.82. The lowest BCUT2D eigenvalue weighted by Gasteiger charge is -2.32. The van der Waals surface area contributed by atoms with Gasteiger partial charge in [0.1, 0.15) is 17.7 Å². The minimum absolute atomic E-state index is 0.0314. The second kappa shape index (κ2) is 11.8. The third-order valence-electron chi connectivity index (χ3n) is 4.53. The SMILES string of the molecule is C=CCOC(=O)[C@](N)(CCOCc1ccccc1)CC(=O)C(C)(C)NC(=O)OC(C)(C)C. The highest BCUT2D eigenvalue weighted by atomic mass is 16.6. The molecule has 3 N–H and O–H groups in total. The molecule has 178 valence electrons. The molecule has 0 aromatic heterocycles. The largest absolute Gasteiger partial charge is 0.460 e. The highest BCUT2D eigenvalue weighted by Crippen LogP contribution is 2.21. The normalized spacial score (nSPS) is 13.6. The van der Waals surface area contributed by atoms with E-state index in [1.807, 2.05) is 30.3 Å². The Bertz CT molecular complexity index is 785.